The lowest BCUT2D eigenvalue weighted by molar-refractivity contribution is -0.118. The van der Waals surface area contributed by atoms with Crippen molar-refractivity contribution in [3.63, 3.8) is 0 Å². The van der Waals surface area contributed by atoms with Crippen LogP contribution in [0.25, 0.3) is 0 Å². The highest BCUT2D eigenvalue weighted by molar-refractivity contribution is 5.99. The number of nitrogens with zero attached hydrogens (tertiary/aromatic N) is 1. The summed E-state index contributed by atoms with van der Waals surface area (Å²) in [5.74, 6) is 0.615. The molecule has 2 N–H and O–H groups in total. The van der Waals surface area contributed by atoms with E-state index >= 15 is 0 Å². The molecule has 3 rings (SSSR count). The van der Waals surface area contributed by atoms with E-state index < -0.39 is 0 Å². The SMILES string of the molecule is O=C1COc2cc(C(=O)N3CCC(CO)CC3)ccc2N1. The molecule has 1 aromatic carbocycles. The summed E-state index contributed by atoms with van der Waals surface area (Å²) >= 11 is 0. The minimum Gasteiger partial charge on any atom is -0.482 e. The number of ether oxygens (including phenoxy) is 1. The third kappa shape index (κ3) is 2.85. The molecular formula is C15H18N2O4. The van der Waals surface area contributed by atoms with Crippen molar-refractivity contribution in [2.24, 2.45) is 5.92 Å². The molecule has 1 saturated heterocycles. The second-order valence-corrected chi connectivity index (χ2v) is 5.47. The van der Waals surface area contributed by atoms with Gasteiger partial charge in [0.05, 0.1) is 5.69 Å². The average molecular weight is 290 g/mol. The van der Waals surface area contributed by atoms with Gasteiger partial charge in [-0.15, -0.1) is 0 Å². The van der Waals surface area contributed by atoms with Crippen LogP contribution in [0.3, 0.4) is 0 Å². The third-order valence-electron chi connectivity index (χ3n) is 4.02. The molecule has 1 fully saturated rings. The van der Waals surface area contributed by atoms with E-state index in [1.165, 1.54) is 0 Å². The number of anilines is 1. The quantitative estimate of drug-likeness (QED) is 0.847. The number of benzene rings is 1. The lowest BCUT2D eigenvalue weighted by Gasteiger charge is -2.31. The van der Waals surface area contributed by atoms with Crippen molar-refractivity contribution in [2.45, 2.75) is 12.8 Å². The maximum atomic E-state index is 12.5. The van der Waals surface area contributed by atoms with Gasteiger partial charge in [-0.3, -0.25) is 9.59 Å². The number of likely N-dealkylation sites (tertiary alicyclic amines) is 1. The Labute approximate surface area is 122 Å². The molecule has 2 aliphatic heterocycles. The number of rotatable bonds is 2. The second kappa shape index (κ2) is 5.73. The molecule has 0 atom stereocenters. The van der Waals surface area contributed by atoms with E-state index in [1.54, 1.807) is 23.1 Å². The summed E-state index contributed by atoms with van der Waals surface area (Å²) in [5.41, 5.74) is 1.16. The van der Waals surface area contributed by atoms with Gasteiger partial charge in [-0.2, -0.15) is 0 Å². The molecule has 2 heterocycles. The topological polar surface area (TPSA) is 78.9 Å². The number of hydrogen-bond donors (Lipinski definition) is 2. The summed E-state index contributed by atoms with van der Waals surface area (Å²) in [4.78, 5) is 25.5. The van der Waals surface area contributed by atoms with Crippen LogP contribution < -0.4 is 10.1 Å². The summed E-state index contributed by atoms with van der Waals surface area (Å²) in [6, 6.07) is 5.07. The molecule has 6 nitrogen and oxygen atoms in total. The first-order valence-electron chi connectivity index (χ1n) is 7.14. The van der Waals surface area contributed by atoms with Crippen molar-refractivity contribution in [1.29, 1.82) is 0 Å². The largest absolute Gasteiger partial charge is 0.482 e. The van der Waals surface area contributed by atoms with Crippen LogP contribution in [0.15, 0.2) is 18.2 Å². The standard InChI is InChI=1S/C15H18N2O4/c18-8-10-3-5-17(6-4-10)15(20)11-1-2-12-13(7-11)21-9-14(19)16-12/h1-2,7,10,18H,3-6,8-9H2,(H,16,19). The Balaban J connectivity index is 1.72. The predicted molar refractivity (Wildman–Crippen MR) is 76.3 cm³/mol. The minimum atomic E-state index is -0.187. The monoisotopic (exact) mass is 290 g/mol. The summed E-state index contributed by atoms with van der Waals surface area (Å²) in [5, 5.41) is 11.8. The van der Waals surface area contributed by atoms with Crippen LogP contribution in [0.2, 0.25) is 0 Å². The first-order chi connectivity index (χ1) is 10.2. The highest BCUT2D eigenvalue weighted by Gasteiger charge is 2.24. The maximum absolute atomic E-state index is 12.5. The first kappa shape index (κ1) is 13.9. The smallest absolute Gasteiger partial charge is 0.262 e. The zero-order valence-corrected chi connectivity index (χ0v) is 11.7. The number of aliphatic hydroxyl groups is 1. The van der Waals surface area contributed by atoms with Crippen LogP contribution in [0.5, 0.6) is 5.75 Å². The molecular weight excluding hydrogens is 272 g/mol. The highest BCUT2D eigenvalue weighted by atomic mass is 16.5. The van der Waals surface area contributed by atoms with Crippen molar-refractivity contribution in [1.82, 2.24) is 4.90 Å². The number of nitrogens with one attached hydrogen (secondary N) is 1. The van der Waals surface area contributed by atoms with E-state index in [4.69, 9.17) is 9.84 Å². The summed E-state index contributed by atoms with van der Waals surface area (Å²) in [6.07, 6.45) is 1.67. The average Bonchev–Trinajstić information content (AvgIpc) is 2.53. The Kier molecular flexibility index (Phi) is 3.79. The van der Waals surface area contributed by atoms with Crippen molar-refractivity contribution < 1.29 is 19.4 Å². The number of fused-ring (bicyclic) bond motifs is 1. The second-order valence-electron chi connectivity index (χ2n) is 5.47. The van der Waals surface area contributed by atoms with Crippen LogP contribution in [0, 0.1) is 5.92 Å². The molecule has 0 bridgehead atoms. The Hall–Kier alpha value is -2.08. The fourth-order valence-electron chi connectivity index (χ4n) is 2.71. The molecule has 2 aliphatic rings. The number of aliphatic hydroxyl groups excluding tert-OH is 1. The molecule has 0 spiro atoms. The fourth-order valence-corrected chi connectivity index (χ4v) is 2.71. The van der Waals surface area contributed by atoms with Crippen LogP contribution in [0.4, 0.5) is 5.69 Å². The van der Waals surface area contributed by atoms with Gasteiger partial charge in [0.1, 0.15) is 5.75 Å². The number of carbonyl (C=O) groups is 2. The van der Waals surface area contributed by atoms with Crippen LogP contribution >= 0.6 is 0 Å². The van der Waals surface area contributed by atoms with E-state index in [-0.39, 0.29) is 25.0 Å². The molecule has 1 aromatic rings. The lowest BCUT2D eigenvalue weighted by atomic mass is 9.97. The maximum Gasteiger partial charge on any atom is 0.262 e. The molecule has 2 amide bonds. The van der Waals surface area contributed by atoms with Gasteiger partial charge >= 0.3 is 0 Å². The van der Waals surface area contributed by atoms with Gasteiger partial charge in [0.15, 0.2) is 6.61 Å². The molecule has 6 heteroatoms. The van der Waals surface area contributed by atoms with Gasteiger partial charge in [0.25, 0.3) is 11.8 Å². The Morgan fingerprint density at radius 2 is 2.14 bits per heavy atom. The normalized spacial score (nSPS) is 18.7. The molecule has 0 aliphatic carbocycles. The Morgan fingerprint density at radius 1 is 1.38 bits per heavy atom. The van der Waals surface area contributed by atoms with E-state index in [0.717, 1.165) is 12.8 Å². The van der Waals surface area contributed by atoms with E-state index in [1.807, 2.05) is 0 Å². The van der Waals surface area contributed by atoms with Crippen molar-refractivity contribution in [2.75, 3.05) is 31.6 Å². The third-order valence-corrected chi connectivity index (χ3v) is 4.02. The molecule has 0 aromatic heterocycles. The fraction of sp³-hybridized carbons (Fsp3) is 0.467. The molecule has 0 saturated carbocycles. The number of amides is 2. The van der Waals surface area contributed by atoms with Gasteiger partial charge in [-0.1, -0.05) is 0 Å². The number of carbonyl (C=O) groups excluding carboxylic acids is 2. The van der Waals surface area contributed by atoms with E-state index in [2.05, 4.69) is 5.32 Å². The highest BCUT2D eigenvalue weighted by Crippen LogP contribution is 2.29. The lowest BCUT2D eigenvalue weighted by Crippen LogP contribution is -2.39. The molecule has 0 radical (unpaired) electrons. The van der Waals surface area contributed by atoms with Gasteiger partial charge in [0.2, 0.25) is 0 Å². The predicted octanol–water partition coefficient (Wildman–Crippen LogP) is 0.862. The van der Waals surface area contributed by atoms with Gasteiger partial charge in [0, 0.05) is 25.3 Å². The van der Waals surface area contributed by atoms with Crippen LogP contribution in [-0.4, -0.2) is 48.1 Å². The summed E-state index contributed by atoms with van der Waals surface area (Å²) in [7, 11) is 0. The van der Waals surface area contributed by atoms with Crippen molar-refractivity contribution in [3.8, 4) is 5.75 Å². The van der Waals surface area contributed by atoms with Gasteiger partial charge < -0.3 is 20.1 Å². The summed E-state index contributed by atoms with van der Waals surface area (Å²) in [6.45, 7) is 1.50. The Morgan fingerprint density at radius 3 is 2.86 bits per heavy atom. The van der Waals surface area contributed by atoms with Crippen LogP contribution in [-0.2, 0) is 4.79 Å². The first-order valence-corrected chi connectivity index (χ1v) is 7.14. The minimum absolute atomic E-state index is 0.0213. The van der Waals surface area contributed by atoms with Crippen molar-refractivity contribution in [3.05, 3.63) is 23.8 Å². The summed E-state index contributed by atoms with van der Waals surface area (Å²) < 4.78 is 5.33. The molecule has 112 valence electrons. The number of piperidine rings is 1. The van der Waals surface area contributed by atoms with E-state index in [0.29, 0.717) is 36.0 Å². The Bertz CT molecular complexity index is 565. The van der Waals surface area contributed by atoms with Crippen LogP contribution in [0.1, 0.15) is 23.2 Å². The van der Waals surface area contributed by atoms with Gasteiger partial charge in [-0.05, 0) is 37.0 Å². The molecule has 0 unspecified atom stereocenters. The van der Waals surface area contributed by atoms with E-state index in [9.17, 15) is 9.59 Å². The zero-order chi connectivity index (χ0) is 14.8. The van der Waals surface area contributed by atoms with Crippen molar-refractivity contribution >= 4 is 17.5 Å². The van der Waals surface area contributed by atoms with Gasteiger partial charge in [-0.25, -0.2) is 0 Å². The number of hydrogen-bond acceptors (Lipinski definition) is 4. The molecule has 21 heavy (non-hydrogen) atoms. The zero-order valence-electron chi connectivity index (χ0n) is 11.7.